The molecule has 4 aliphatic carbocycles. The molecule has 6 heteroatoms. The van der Waals surface area contributed by atoms with Crippen molar-refractivity contribution in [2.75, 3.05) is 7.11 Å². The maximum atomic E-state index is 11.9. The number of esters is 1. The largest absolute Gasteiger partial charge is 0.547 e. The molecule has 4 aliphatic rings. The lowest BCUT2D eigenvalue weighted by Gasteiger charge is -2.60. The lowest BCUT2D eigenvalue weighted by atomic mass is 9.46. The fourth-order valence-electron chi connectivity index (χ4n) is 9.32. The molecule has 4 unspecified atom stereocenters. The first-order valence-electron chi connectivity index (χ1n) is 15.2. The molecule has 3 fully saturated rings. The summed E-state index contributed by atoms with van der Waals surface area (Å²) in [5.74, 6) is 5.05. The number of carbonyl (C=O) groups is 1. The fourth-order valence-corrected chi connectivity index (χ4v) is 11.4. The fraction of sp³-hybridized carbons (Fsp3) is 0.903. The highest BCUT2D eigenvalue weighted by molar-refractivity contribution is 6.70. The van der Waals surface area contributed by atoms with Crippen LogP contribution in [0.25, 0.3) is 0 Å². The van der Waals surface area contributed by atoms with Crippen molar-refractivity contribution in [2.24, 2.45) is 46.3 Å². The van der Waals surface area contributed by atoms with E-state index in [9.17, 15) is 4.79 Å². The standard InChI is InChI=1S/C31H56O4Si2/c1-21(11-14-28(32)33-4)24-12-13-25-29-26(16-18-31(24,25)3)30(2)17-15-23(34-36(5,6)7)19-22(30)20-27(29)35-37(8,9)10/h20-26,29H,11-19H2,1-10H3/t21-,22?,23?,24-,25?,26?,29+,30+,31-/m1/s1. The molecule has 3 saturated carbocycles. The molecule has 0 aromatic carbocycles. The molecule has 9 atom stereocenters. The Bertz CT molecular complexity index is 873. The van der Waals surface area contributed by atoms with Crippen LogP contribution < -0.4 is 0 Å². The summed E-state index contributed by atoms with van der Waals surface area (Å²) in [7, 11) is -1.78. The van der Waals surface area contributed by atoms with Crippen LogP contribution in [0.4, 0.5) is 0 Å². The van der Waals surface area contributed by atoms with Gasteiger partial charge in [-0.05, 0) is 137 Å². The molecule has 0 saturated heterocycles. The molecule has 0 aliphatic heterocycles. The van der Waals surface area contributed by atoms with Crippen LogP contribution in [-0.2, 0) is 18.4 Å². The summed E-state index contributed by atoms with van der Waals surface area (Å²) < 4.78 is 18.6. The molecule has 0 N–H and O–H groups in total. The van der Waals surface area contributed by atoms with Crippen molar-refractivity contribution >= 4 is 22.6 Å². The third-order valence-corrected chi connectivity index (χ3v) is 12.8. The van der Waals surface area contributed by atoms with Crippen LogP contribution in [0.15, 0.2) is 11.8 Å². The first-order chi connectivity index (χ1) is 17.1. The molecule has 212 valence electrons. The predicted octanol–water partition coefficient (Wildman–Crippen LogP) is 8.41. The number of fused-ring (bicyclic) bond motifs is 5. The molecule has 0 spiro atoms. The molecule has 37 heavy (non-hydrogen) atoms. The molecule has 4 nitrogen and oxygen atoms in total. The van der Waals surface area contributed by atoms with Crippen LogP contribution in [-0.4, -0.2) is 35.8 Å². The Morgan fingerprint density at radius 2 is 1.62 bits per heavy atom. The Kier molecular flexibility index (Phi) is 8.28. The van der Waals surface area contributed by atoms with E-state index < -0.39 is 16.6 Å². The SMILES string of the molecule is COC(=O)CC[C@@H](C)[C@H]1CCC2[C@@H]3C(O[Si](C)(C)C)=CC4CC(O[Si](C)(C)C)CC[C@]4(C)C3CC[C@@]21C. The van der Waals surface area contributed by atoms with Gasteiger partial charge in [0, 0.05) is 18.4 Å². The summed E-state index contributed by atoms with van der Waals surface area (Å²) >= 11 is 0. The summed E-state index contributed by atoms with van der Waals surface area (Å²) in [5, 5.41) is 0. The van der Waals surface area contributed by atoms with E-state index in [1.165, 1.54) is 51.4 Å². The zero-order valence-corrected chi connectivity index (χ0v) is 27.6. The molecule has 0 radical (unpaired) electrons. The monoisotopic (exact) mass is 548 g/mol. The van der Waals surface area contributed by atoms with Crippen molar-refractivity contribution in [3.8, 4) is 0 Å². The van der Waals surface area contributed by atoms with Gasteiger partial charge in [-0.2, -0.15) is 0 Å². The van der Waals surface area contributed by atoms with E-state index in [-0.39, 0.29) is 5.97 Å². The van der Waals surface area contributed by atoms with Crippen LogP contribution in [0.1, 0.15) is 78.6 Å². The number of carbonyl (C=O) groups excluding carboxylic acids is 1. The van der Waals surface area contributed by atoms with Crippen molar-refractivity contribution in [1.29, 1.82) is 0 Å². The highest BCUT2D eigenvalue weighted by Gasteiger charge is 2.62. The maximum Gasteiger partial charge on any atom is 0.305 e. The van der Waals surface area contributed by atoms with E-state index in [1.807, 2.05) is 0 Å². The van der Waals surface area contributed by atoms with E-state index in [0.29, 0.717) is 58.9 Å². The van der Waals surface area contributed by atoms with Crippen LogP contribution in [0.2, 0.25) is 39.3 Å². The van der Waals surface area contributed by atoms with Crippen molar-refractivity contribution in [3.05, 3.63) is 11.8 Å². The molecular formula is C31H56O4Si2. The van der Waals surface area contributed by atoms with E-state index in [1.54, 1.807) is 0 Å². The number of hydrogen-bond donors (Lipinski definition) is 0. The second kappa shape index (κ2) is 10.4. The maximum absolute atomic E-state index is 11.9. The number of allylic oxidation sites excluding steroid dienone is 2. The summed E-state index contributed by atoms with van der Waals surface area (Å²) in [6, 6.07) is 0. The van der Waals surface area contributed by atoms with Crippen LogP contribution in [0.5, 0.6) is 0 Å². The van der Waals surface area contributed by atoms with Gasteiger partial charge in [-0.3, -0.25) is 4.79 Å². The summed E-state index contributed by atoms with van der Waals surface area (Å²) in [6.07, 6.45) is 13.4. The molecule has 0 amide bonds. The zero-order chi connectivity index (χ0) is 27.4. The molecule has 0 aromatic rings. The topological polar surface area (TPSA) is 44.8 Å². The summed E-state index contributed by atoms with van der Waals surface area (Å²) in [4.78, 5) is 11.9. The first-order valence-corrected chi connectivity index (χ1v) is 22.0. The molecule has 0 heterocycles. The van der Waals surface area contributed by atoms with E-state index in [0.717, 1.165) is 12.8 Å². The molecule has 4 rings (SSSR count). The van der Waals surface area contributed by atoms with Gasteiger partial charge in [0.2, 0.25) is 8.32 Å². The van der Waals surface area contributed by atoms with Crippen molar-refractivity contribution in [2.45, 2.75) is 124 Å². The van der Waals surface area contributed by atoms with Crippen LogP contribution in [0, 0.1) is 46.3 Å². The van der Waals surface area contributed by atoms with Gasteiger partial charge in [-0.1, -0.05) is 20.8 Å². The Balaban J connectivity index is 1.63. The van der Waals surface area contributed by atoms with Crippen molar-refractivity contribution in [3.63, 3.8) is 0 Å². The van der Waals surface area contributed by atoms with E-state index in [4.69, 9.17) is 13.6 Å². The highest BCUT2D eigenvalue weighted by Crippen LogP contribution is 2.68. The summed E-state index contributed by atoms with van der Waals surface area (Å²) in [5.41, 5.74) is 0.687. The van der Waals surface area contributed by atoms with E-state index >= 15 is 0 Å². The minimum atomic E-state index is -1.74. The minimum absolute atomic E-state index is 0.0658. The van der Waals surface area contributed by atoms with Gasteiger partial charge >= 0.3 is 5.97 Å². The Morgan fingerprint density at radius 3 is 2.24 bits per heavy atom. The van der Waals surface area contributed by atoms with Crippen molar-refractivity contribution < 1.29 is 18.4 Å². The first kappa shape index (κ1) is 29.4. The van der Waals surface area contributed by atoms with Gasteiger partial charge in [0.25, 0.3) is 0 Å². The van der Waals surface area contributed by atoms with Gasteiger partial charge in [-0.15, -0.1) is 0 Å². The lowest BCUT2D eigenvalue weighted by molar-refractivity contribution is -0.141. The summed E-state index contributed by atoms with van der Waals surface area (Å²) in [6.45, 7) is 21.7. The van der Waals surface area contributed by atoms with E-state index in [2.05, 4.69) is 66.1 Å². The second-order valence-electron chi connectivity index (χ2n) is 15.6. The third kappa shape index (κ3) is 5.96. The number of rotatable bonds is 8. The zero-order valence-electron chi connectivity index (χ0n) is 25.6. The number of ether oxygens (including phenoxy) is 1. The second-order valence-corrected chi connectivity index (χ2v) is 24.5. The van der Waals surface area contributed by atoms with Gasteiger partial charge < -0.3 is 13.6 Å². The van der Waals surface area contributed by atoms with Gasteiger partial charge in [0.05, 0.1) is 12.9 Å². The Hall–Kier alpha value is -0.596. The lowest BCUT2D eigenvalue weighted by Crippen LogP contribution is -2.55. The minimum Gasteiger partial charge on any atom is -0.547 e. The number of hydrogen-bond acceptors (Lipinski definition) is 4. The smallest absolute Gasteiger partial charge is 0.305 e. The van der Waals surface area contributed by atoms with Crippen molar-refractivity contribution in [1.82, 2.24) is 0 Å². The van der Waals surface area contributed by atoms with Gasteiger partial charge in [-0.25, -0.2) is 0 Å². The van der Waals surface area contributed by atoms with Gasteiger partial charge in [0.15, 0.2) is 8.32 Å². The number of methoxy groups -OCH3 is 1. The molecular weight excluding hydrogens is 493 g/mol. The third-order valence-electron chi connectivity index (χ3n) is 10.9. The average Bonchev–Trinajstić information content (AvgIpc) is 3.13. The van der Waals surface area contributed by atoms with Crippen LogP contribution in [0.3, 0.4) is 0 Å². The Morgan fingerprint density at radius 1 is 0.973 bits per heavy atom. The normalized spacial score (nSPS) is 40.6. The molecule has 0 aromatic heterocycles. The quantitative estimate of drug-likeness (QED) is 0.226. The predicted molar refractivity (Wildman–Crippen MR) is 157 cm³/mol. The average molecular weight is 549 g/mol. The Labute approximate surface area is 229 Å². The van der Waals surface area contributed by atoms with Gasteiger partial charge in [0.1, 0.15) is 0 Å². The molecule has 0 bridgehead atoms. The highest BCUT2D eigenvalue weighted by atomic mass is 28.4. The van der Waals surface area contributed by atoms with Crippen LogP contribution >= 0.6 is 0 Å².